The van der Waals surface area contributed by atoms with Crippen molar-refractivity contribution in [2.45, 2.75) is 0 Å². The third-order valence-electron chi connectivity index (χ3n) is 3.49. The molecule has 0 fully saturated rings. The minimum atomic E-state index is -0.232. The number of methoxy groups -OCH3 is 1. The lowest BCUT2D eigenvalue weighted by Crippen LogP contribution is -2.26. The first-order valence-corrected chi connectivity index (χ1v) is 6.93. The maximum Gasteiger partial charge on any atom is 0.302 e. The molecule has 0 spiro atoms. The molecular weight excluding hydrogens is 310 g/mol. The Morgan fingerprint density at radius 1 is 1.17 bits per heavy atom. The number of hydrogen-bond donors (Lipinski definition) is 0. The summed E-state index contributed by atoms with van der Waals surface area (Å²) in [5.41, 5.74) is 1.41. The van der Waals surface area contributed by atoms with E-state index in [0.29, 0.717) is 22.4 Å². The second-order valence-electron chi connectivity index (χ2n) is 4.87. The molecule has 118 valence electrons. The Morgan fingerprint density at radius 3 is 2.29 bits per heavy atom. The molecule has 3 rings (SSSR count). The van der Waals surface area contributed by atoms with Crippen molar-refractivity contribution in [3.63, 3.8) is 0 Å². The van der Waals surface area contributed by atoms with Crippen molar-refractivity contribution < 1.29 is 19.1 Å². The van der Waals surface area contributed by atoms with E-state index in [1.54, 1.807) is 61.7 Å². The number of ether oxygens (including phenoxy) is 1. The van der Waals surface area contributed by atoms with Gasteiger partial charge >= 0.3 is 5.69 Å². The molecule has 7 heteroatoms. The maximum absolute atomic E-state index is 12.4. The van der Waals surface area contributed by atoms with Crippen LogP contribution in [0.5, 0.6) is 5.75 Å². The van der Waals surface area contributed by atoms with E-state index >= 15 is 0 Å². The van der Waals surface area contributed by atoms with Crippen molar-refractivity contribution in [1.29, 1.82) is 5.26 Å². The summed E-state index contributed by atoms with van der Waals surface area (Å²) in [5.74, 6) is 0.520. The zero-order valence-corrected chi connectivity index (χ0v) is 12.6. The molecule has 0 N–H and O–H groups in total. The molecule has 1 aromatic heterocycles. The maximum atomic E-state index is 12.4. The van der Waals surface area contributed by atoms with Crippen LogP contribution in [0.4, 0.5) is 0 Å². The number of carbonyl (C=O) groups is 1. The monoisotopic (exact) mass is 321 g/mol. The Bertz CT molecular complexity index is 922. The summed E-state index contributed by atoms with van der Waals surface area (Å²) in [6, 6.07) is 14.9. The largest absolute Gasteiger partial charge is 0.497 e. The van der Waals surface area contributed by atoms with Crippen LogP contribution in [0.25, 0.3) is 11.3 Å². The zero-order valence-electron chi connectivity index (χ0n) is 12.6. The Labute approximate surface area is 136 Å². The van der Waals surface area contributed by atoms with Gasteiger partial charge in [0.1, 0.15) is 5.75 Å². The Morgan fingerprint density at radius 2 is 1.75 bits per heavy atom. The Balaban J connectivity index is 1.88. The third kappa shape index (κ3) is 2.68. The van der Waals surface area contributed by atoms with Crippen molar-refractivity contribution in [2.75, 3.05) is 7.11 Å². The molecule has 0 aliphatic rings. The van der Waals surface area contributed by atoms with Gasteiger partial charge in [0.05, 0.1) is 7.11 Å². The van der Waals surface area contributed by atoms with Gasteiger partial charge in [0.15, 0.2) is 11.9 Å². The van der Waals surface area contributed by atoms with Crippen LogP contribution in [0.3, 0.4) is 0 Å². The lowest BCUT2D eigenvalue weighted by atomic mass is 10.0. The lowest BCUT2D eigenvalue weighted by molar-refractivity contribution is -0.804. The predicted molar refractivity (Wildman–Crippen MR) is 82.0 cm³/mol. The zero-order chi connectivity index (χ0) is 17.1. The van der Waals surface area contributed by atoms with Crippen molar-refractivity contribution >= 4 is 5.78 Å². The highest BCUT2D eigenvalue weighted by Crippen LogP contribution is 2.21. The van der Waals surface area contributed by atoms with Crippen molar-refractivity contribution in [2.24, 2.45) is 0 Å². The molecule has 24 heavy (non-hydrogen) atoms. The van der Waals surface area contributed by atoms with Crippen LogP contribution < -0.4 is 9.64 Å². The van der Waals surface area contributed by atoms with Gasteiger partial charge in [-0.2, -0.15) is 5.26 Å². The molecule has 3 aromatic rings. The highest BCUT2D eigenvalue weighted by Gasteiger charge is 2.21. The normalized spacial score (nSPS) is 10.2. The lowest BCUT2D eigenvalue weighted by Gasteiger charge is -2.03. The molecule has 1 heterocycles. The van der Waals surface area contributed by atoms with Gasteiger partial charge in [0.25, 0.3) is 5.69 Å². The molecule has 0 aliphatic carbocycles. The topological polar surface area (TPSA) is 103 Å². The van der Waals surface area contributed by atoms with Gasteiger partial charge in [0, 0.05) is 21.8 Å². The number of rotatable bonds is 4. The van der Waals surface area contributed by atoms with Crippen LogP contribution in [0, 0.1) is 16.5 Å². The fourth-order valence-corrected chi connectivity index (χ4v) is 2.22. The molecular formula is C17H11N3O4. The predicted octanol–water partition coefficient (Wildman–Crippen LogP) is 2.09. The number of carbonyl (C=O) groups excluding carboxylic acids is 1. The third-order valence-corrected chi connectivity index (χ3v) is 3.49. The van der Waals surface area contributed by atoms with E-state index in [0.717, 1.165) is 0 Å². The first-order chi connectivity index (χ1) is 11.6. The summed E-state index contributed by atoms with van der Waals surface area (Å²) in [6.07, 6.45) is 0. The average Bonchev–Trinajstić information content (AvgIpc) is 3.02. The van der Waals surface area contributed by atoms with Gasteiger partial charge in [-0.3, -0.25) is 9.42 Å². The molecule has 0 saturated carbocycles. The van der Waals surface area contributed by atoms with E-state index in [1.165, 1.54) is 0 Å². The number of aromatic nitrogens is 2. The van der Waals surface area contributed by atoms with E-state index in [9.17, 15) is 10.0 Å². The Kier molecular flexibility index (Phi) is 3.95. The molecule has 2 aromatic carbocycles. The molecule has 0 bridgehead atoms. The quantitative estimate of drug-likeness (QED) is 0.538. The second-order valence-corrected chi connectivity index (χ2v) is 4.87. The van der Waals surface area contributed by atoms with Gasteiger partial charge in [-0.25, -0.2) is 0 Å². The van der Waals surface area contributed by atoms with Crippen LogP contribution in [0.15, 0.2) is 53.2 Å². The highest BCUT2D eigenvalue weighted by atomic mass is 16.8. The van der Waals surface area contributed by atoms with Crippen molar-refractivity contribution in [1.82, 2.24) is 5.16 Å². The van der Waals surface area contributed by atoms with E-state index in [1.807, 2.05) is 0 Å². The standard InChI is InChI=1S/C17H11N3O4/c1-23-14-8-6-13(7-9-14)17(21)12-4-2-11(3-5-12)16-15(10-18)20(22)24-19-16/h2-9H,1H3. The molecule has 0 saturated heterocycles. The van der Waals surface area contributed by atoms with Crippen LogP contribution in [0.1, 0.15) is 21.6 Å². The van der Waals surface area contributed by atoms with Crippen LogP contribution >= 0.6 is 0 Å². The number of benzene rings is 2. The minimum Gasteiger partial charge on any atom is -0.497 e. The highest BCUT2D eigenvalue weighted by molar-refractivity contribution is 6.09. The average molecular weight is 321 g/mol. The van der Waals surface area contributed by atoms with Crippen LogP contribution in [-0.2, 0) is 0 Å². The first-order valence-electron chi connectivity index (χ1n) is 6.93. The van der Waals surface area contributed by atoms with Gasteiger partial charge in [-0.05, 0) is 41.3 Å². The van der Waals surface area contributed by atoms with Crippen molar-refractivity contribution in [3.05, 3.63) is 70.6 Å². The summed E-state index contributed by atoms with van der Waals surface area (Å²) in [4.78, 5) is 12.5. The smallest absolute Gasteiger partial charge is 0.302 e. The van der Waals surface area contributed by atoms with Gasteiger partial charge in [-0.1, -0.05) is 12.1 Å². The second kappa shape index (κ2) is 6.22. The molecule has 0 radical (unpaired) electrons. The van der Waals surface area contributed by atoms with E-state index < -0.39 is 0 Å². The fourth-order valence-electron chi connectivity index (χ4n) is 2.22. The Hall–Kier alpha value is -3.66. The summed E-state index contributed by atoms with van der Waals surface area (Å²) in [7, 11) is 1.56. The van der Waals surface area contributed by atoms with E-state index in [4.69, 9.17) is 10.00 Å². The molecule has 0 amide bonds. The first kappa shape index (κ1) is 15.2. The number of hydrogen-bond acceptors (Lipinski definition) is 6. The van der Waals surface area contributed by atoms with Gasteiger partial charge < -0.3 is 9.94 Å². The van der Waals surface area contributed by atoms with Crippen molar-refractivity contribution in [3.8, 4) is 23.1 Å². The molecule has 0 atom stereocenters. The van der Waals surface area contributed by atoms with E-state index in [2.05, 4.69) is 9.79 Å². The summed E-state index contributed by atoms with van der Waals surface area (Å²) in [6.45, 7) is 0. The minimum absolute atomic E-state index is 0.0474. The fraction of sp³-hybridized carbons (Fsp3) is 0.0588. The SMILES string of the molecule is COc1ccc(C(=O)c2ccc(-c3no[n+]([O-])c3C#N)cc2)cc1. The van der Waals surface area contributed by atoms with Gasteiger partial charge in [0.2, 0.25) is 0 Å². The van der Waals surface area contributed by atoms with Crippen LogP contribution in [0.2, 0.25) is 0 Å². The van der Waals surface area contributed by atoms with E-state index in [-0.39, 0.29) is 22.1 Å². The molecule has 0 unspecified atom stereocenters. The summed E-state index contributed by atoms with van der Waals surface area (Å²) < 4.78 is 9.48. The molecule has 0 aliphatic heterocycles. The number of nitriles is 1. The summed E-state index contributed by atoms with van der Waals surface area (Å²) >= 11 is 0. The molecule has 7 nitrogen and oxygen atoms in total. The number of ketones is 1. The van der Waals surface area contributed by atoms with Crippen LogP contribution in [-0.4, -0.2) is 18.0 Å². The van der Waals surface area contributed by atoms with Gasteiger partial charge in [-0.15, -0.1) is 0 Å². The summed E-state index contributed by atoms with van der Waals surface area (Å²) in [5, 5.41) is 23.8. The number of nitrogens with zero attached hydrogens (tertiary/aromatic N) is 3.